The van der Waals surface area contributed by atoms with Crippen molar-refractivity contribution >= 4 is 22.7 Å². The average Bonchev–Trinajstić information content (AvgIpc) is 3.12. The quantitative estimate of drug-likeness (QED) is 0.677. The van der Waals surface area contributed by atoms with Crippen molar-refractivity contribution < 1.29 is 4.52 Å². The maximum atomic E-state index is 5.13. The molecule has 7 nitrogen and oxygen atoms in total. The first-order chi connectivity index (χ1) is 13.6. The van der Waals surface area contributed by atoms with Crippen LogP contribution in [0.25, 0.3) is 10.9 Å². The van der Waals surface area contributed by atoms with Gasteiger partial charge in [-0.25, -0.2) is 4.98 Å². The fourth-order valence-electron chi connectivity index (χ4n) is 3.84. The predicted molar refractivity (Wildman–Crippen MR) is 112 cm³/mol. The molecule has 0 spiro atoms. The molecule has 7 heteroatoms. The van der Waals surface area contributed by atoms with E-state index in [0.29, 0.717) is 12.1 Å². The summed E-state index contributed by atoms with van der Waals surface area (Å²) in [6.07, 6.45) is 4.46. The van der Waals surface area contributed by atoms with Crippen LogP contribution in [-0.4, -0.2) is 41.3 Å². The Morgan fingerprint density at radius 2 is 1.82 bits per heavy atom. The molecule has 0 unspecified atom stereocenters. The van der Waals surface area contributed by atoms with E-state index >= 15 is 0 Å². The highest BCUT2D eigenvalue weighted by molar-refractivity contribution is 5.90. The Bertz CT molecular complexity index is 930. The zero-order valence-electron chi connectivity index (χ0n) is 16.8. The Morgan fingerprint density at radius 3 is 2.54 bits per heavy atom. The highest BCUT2D eigenvalue weighted by atomic mass is 16.5. The summed E-state index contributed by atoms with van der Waals surface area (Å²) in [5, 5.41) is 12.3. The molecule has 0 saturated heterocycles. The summed E-state index contributed by atoms with van der Waals surface area (Å²) >= 11 is 0. The van der Waals surface area contributed by atoms with Gasteiger partial charge in [-0.3, -0.25) is 0 Å². The molecule has 2 N–H and O–H groups in total. The van der Waals surface area contributed by atoms with Crippen LogP contribution in [0.1, 0.15) is 37.1 Å². The minimum Gasteiger partial charge on any atom is -0.362 e. The fourth-order valence-corrected chi connectivity index (χ4v) is 3.84. The minimum atomic E-state index is 0.406. The van der Waals surface area contributed by atoms with Gasteiger partial charge in [0.05, 0.1) is 11.2 Å². The third-order valence-electron chi connectivity index (χ3n) is 5.32. The van der Waals surface area contributed by atoms with Crippen LogP contribution in [0.15, 0.2) is 34.9 Å². The van der Waals surface area contributed by atoms with Crippen molar-refractivity contribution in [3.63, 3.8) is 0 Å². The zero-order chi connectivity index (χ0) is 19.5. The molecule has 0 radical (unpaired) electrons. The lowest BCUT2D eigenvalue weighted by atomic mass is 9.91. The monoisotopic (exact) mass is 380 g/mol. The van der Waals surface area contributed by atoms with Crippen LogP contribution in [0.5, 0.6) is 0 Å². The summed E-state index contributed by atoms with van der Waals surface area (Å²) in [6, 6.07) is 11.1. The molecule has 28 heavy (non-hydrogen) atoms. The molecule has 2 aromatic heterocycles. The van der Waals surface area contributed by atoms with Gasteiger partial charge in [0.25, 0.3) is 0 Å². The van der Waals surface area contributed by atoms with Gasteiger partial charge < -0.3 is 20.1 Å². The molecule has 148 valence electrons. The molecule has 0 amide bonds. The summed E-state index contributed by atoms with van der Waals surface area (Å²) < 4.78 is 5.13. The third-order valence-corrected chi connectivity index (χ3v) is 5.32. The Labute approximate surface area is 165 Å². The second-order valence-corrected chi connectivity index (χ2v) is 7.79. The van der Waals surface area contributed by atoms with Crippen molar-refractivity contribution in [3.8, 4) is 0 Å². The maximum Gasteiger partial charge on any atom is 0.225 e. The Kier molecular flexibility index (Phi) is 5.43. The lowest BCUT2D eigenvalue weighted by Gasteiger charge is -2.30. The standard InChI is InChI=1S/C21H28N6O/c1-14-12-17(26-28-14)13-22-15-8-10-16(11-9-15)23-21-24-19-7-5-4-6-18(19)20(25-21)27(2)3/h4-7,12,15-16,22H,8-11,13H2,1-3H3,(H,23,24,25). The number of anilines is 2. The number of aryl methyl sites for hydroxylation is 1. The number of fused-ring (bicyclic) bond motifs is 1. The van der Waals surface area contributed by atoms with Crippen LogP contribution >= 0.6 is 0 Å². The van der Waals surface area contributed by atoms with Crippen molar-refractivity contribution in [2.45, 2.75) is 51.2 Å². The number of hydrogen-bond acceptors (Lipinski definition) is 7. The van der Waals surface area contributed by atoms with Crippen molar-refractivity contribution in [3.05, 3.63) is 41.8 Å². The normalized spacial score (nSPS) is 19.7. The average molecular weight is 380 g/mol. The van der Waals surface area contributed by atoms with Gasteiger partial charge in [0, 0.05) is 44.2 Å². The van der Waals surface area contributed by atoms with Gasteiger partial charge in [-0.15, -0.1) is 0 Å². The van der Waals surface area contributed by atoms with Gasteiger partial charge in [-0.05, 0) is 44.7 Å². The van der Waals surface area contributed by atoms with E-state index < -0.39 is 0 Å². The first-order valence-corrected chi connectivity index (χ1v) is 9.94. The van der Waals surface area contributed by atoms with Crippen LogP contribution in [0.2, 0.25) is 0 Å². The van der Waals surface area contributed by atoms with Crippen LogP contribution in [0, 0.1) is 6.92 Å². The Hall–Kier alpha value is -2.67. The highest BCUT2D eigenvalue weighted by Gasteiger charge is 2.22. The number of benzene rings is 1. The summed E-state index contributed by atoms with van der Waals surface area (Å²) in [4.78, 5) is 11.5. The van der Waals surface area contributed by atoms with E-state index in [9.17, 15) is 0 Å². The number of nitrogens with one attached hydrogen (secondary N) is 2. The molecule has 1 aliphatic rings. The highest BCUT2D eigenvalue weighted by Crippen LogP contribution is 2.26. The molecule has 0 atom stereocenters. The molecule has 4 rings (SSSR count). The summed E-state index contributed by atoms with van der Waals surface area (Å²) in [7, 11) is 4.04. The van der Waals surface area contributed by atoms with Crippen LogP contribution in [-0.2, 0) is 6.54 Å². The van der Waals surface area contributed by atoms with Gasteiger partial charge in [-0.2, -0.15) is 4.98 Å². The van der Waals surface area contributed by atoms with E-state index in [1.807, 2.05) is 50.2 Å². The number of para-hydroxylation sites is 1. The molecule has 3 aromatic rings. The van der Waals surface area contributed by atoms with E-state index in [-0.39, 0.29) is 0 Å². The van der Waals surface area contributed by atoms with Crippen LogP contribution in [0.3, 0.4) is 0 Å². The van der Waals surface area contributed by atoms with E-state index in [2.05, 4.69) is 21.9 Å². The van der Waals surface area contributed by atoms with E-state index in [4.69, 9.17) is 14.5 Å². The summed E-state index contributed by atoms with van der Waals surface area (Å²) in [5.41, 5.74) is 1.94. The molecular weight excluding hydrogens is 352 g/mol. The Balaban J connectivity index is 1.35. The largest absolute Gasteiger partial charge is 0.362 e. The molecule has 1 aliphatic carbocycles. The van der Waals surface area contributed by atoms with Crippen LogP contribution in [0.4, 0.5) is 11.8 Å². The van der Waals surface area contributed by atoms with Gasteiger partial charge in [0.1, 0.15) is 11.6 Å². The maximum absolute atomic E-state index is 5.13. The van der Waals surface area contributed by atoms with Crippen molar-refractivity contribution in [2.75, 3.05) is 24.3 Å². The molecule has 1 fully saturated rings. The fraction of sp³-hybridized carbons (Fsp3) is 0.476. The second-order valence-electron chi connectivity index (χ2n) is 7.79. The second kappa shape index (κ2) is 8.14. The van der Waals surface area contributed by atoms with Gasteiger partial charge in [0.15, 0.2) is 0 Å². The number of hydrogen-bond donors (Lipinski definition) is 2. The van der Waals surface area contributed by atoms with Crippen molar-refractivity contribution in [1.82, 2.24) is 20.4 Å². The zero-order valence-corrected chi connectivity index (χ0v) is 16.8. The molecule has 1 saturated carbocycles. The van der Waals surface area contributed by atoms with E-state index in [1.54, 1.807) is 0 Å². The smallest absolute Gasteiger partial charge is 0.225 e. The van der Waals surface area contributed by atoms with Gasteiger partial charge in [0.2, 0.25) is 5.95 Å². The minimum absolute atomic E-state index is 0.406. The van der Waals surface area contributed by atoms with Gasteiger partial charge in [-0.1, -0.05) is 17.3 Å². The van der Waals surface area contributed by atoms with E-state index in [0.717, 1.165) is 66.4 Å². The van der Waals surface area contributed by atoms with Crippen molar-refractivity contribution in [2.24, 2.45) is 0 Å². The molecule has 1 aromatic carbocycles. The number of nitrogens with zero attached hydrogens (tertiary/aromatic N) is 4. The summed E-state index contributed by atoms with van der Waals surface area (Å²) in [5.74, 6) is 2.53. The van der Waals surface area contributed by atoms with E-state index in [1.165, 1.54) is 0 Å². The topological polar surface area (TPSA) is 79.1 Å². The van der Waals surface area contributed by atoms with Crippen molar-refractivity contribution in [1.29, 1.82) is 0 Å². The first-order valence-electron chi connectivity index (χ1n) is 9.94. The number of rotatable bonds is 6. The SMILES string of the molecule is Cc1cc(CNC2CCC(Nc3nc(N(C)C)c4ccccc4n3)CC2)no1. The lowest BCUT2D eigenvalue weighted by Crippen LogP contribution is -2.37. The Morgan fingerprint density at radius 1 is 1.07 bits per heavy atom. The lowest BCUT2D eigenvalue weighted by molar-refractivity contribution is 0.343. The summed E-state index contributed by atoms with van der Waals surface area (Å²) in [6.45, 7) is 2.68. The molecule has 0 bridgehead atoms. The predicted octanol–water partition coefficient (Wildman–Crippen LogP) is 3.51. The third kappa shape index (κ3) is 4.25. The molecule has 2 heterocycles. The van der Waals surface area contributed by atoms with Crippen LogP contribution < -0.4 is 15.5 Å². The van der Waals surface area contributed by atoms with Gasteiger partial charge >= 0.3 is 0 Å². The molecular formula is C21H28N6O. The molecule has 0 aliphatic heterocycles. The first kappa shape index (κ1) is 18.7. The number of aromatic nitrogens is 3.